The third-order valence-electron chi connectivity index (χ3n) is 2.13. The summed E-state index contributed by atoms with van der Waals surface area (Å²) in [6.45, 7) is 4.73. The normalized spacial score (nSPS) is 18.1. The molecule has 2 rings (SSSR count). The van der Waals surface area contributed by atoms with E-state index in [1.165, 1.54) is 0 Å². The Bertz CT molecular complexity index is 335. The Labute approximate surface area is 98.0 Å². The number of carboxylic acid groups (broad SMARTS) is 2. The molecule has 0 aromatic heterocycles. The molecule has 0 aliphatic carbocycles. The van der Waals surface area contributed by atoms with Gasteiger partial charge in [0.25, 0.3) is 0 Å². The maximum Gasteiger partial charge on any atom is 0.328 e. The zero-order valence-corrected chi connectivity index (χ0v) is 9.20. The summed E-state index contributed by atoms with van der Waals surface area (Å²) in [6.07, 6.45) is 1.12. The van der Waals surface area contributed by atoms with E-state index < -0.39 is 11.9 Å². The summed E-state index contributed by atoms with van der Waals surface area (Å²) in [5, 5.41) is 15.6. The number of morpholine rings is 1. The molecule has 0 aromatic rings. The number of carbonyl (C=O) groups is 2. The maximum atomic E-state index is 9.55. The van der Waals surface area contributed by atoms with Crippen molar-refractivity contribution in [2.45, 2.75) is 0 Å². The predicted molar refractivity (Wildman–Crippen MR) is 59.1 cm³/mol. The lowest BCUT2D eigenvalue weighted by atomic mass is 10.4. The lowest BCUT2D eigenvalue weighted by Crippen LogP contribution is -2.38. The van der Waals surface area contributed by atoms with Gasteiger partial charge in [-0.15, -0.1) is 0 Å². The van der Waals surface area contributed by atoms with Crippen LogP contribution in [0.5, 0.6) is 0 Å². The molecule has 0 atom stereocenters. The second-order valence-corrected chi connectivity index (χ2v) is 3.35. The van der Waals surface area contributed by atoms with Crippen molar-refractivity contribution in [3.05, 3.63) is 12.2 Å². The number of ether oxygens (including phenoxy) is 1. The Balaban J connectivity index is 0.000000172. The summed E-state index contributed by atoms with van der Waals surface area (Å²) in [5.74, 6) is -1.36. The van der Waals surface area contributed by atoms with Crippen molar-refractivity contribution in [1.29, 1.82) is 0 Å². The number of nitrogens with zero attached hydrogens (tertiary/aromatic N) is 2. The fourth-order valence-corrected chi connectivity index (χ4v) is 1.39. The summed E-state index contributed by atoms with van der Waals surface area (Å²) in [4.78, 5) is 25.7. The highest BCUT2D eigenvalue weighted by Crippen LogP contribution is 2.05. The van der Waals surface area contributed by atoms with Gasteiger partial charge in [-0.1, -0.05) is 0 Å². The van der Waals surface area contributed by atoms with Crippen LogP contribution in [0.1, 0.15) is 0 Å². The highest BCUT2D eigenvalue weighted by Gasteiger charge is 2.19. The van der Waals surface area contributed by atoms with Crippen LogP contribution in [0.15, 0.2) is 17.1 Å². The van der Waals surface area contributed by atoms with Gasteiger partial charge in [-0.2, -0.15) is 0 Å². The van der Waals surface area contributed by atoms with Crippen LogP contribution >= 0.6 is 0 Å². The highest BCUT2D eigenvalue weighted by molar-refractivity contribution is 5.89. The number of hydrogen-bond acceptors (Lipinski definition) is 5. The van der Waals surface area contributed by atoms with Gasteiger partial charge in [0.2, 0.25) is 0 Å². The van der Waals surface area contributed by atoms with E-state index in [4.69, 9.17) is 14.9 Å². The van der Waals surface area contributed by atoms with Gasteiger partial charge in [-0.25, -0.2) is 9.59 Å². The van der Waals surface area contributed by atoms with Gasteiger partial charge in [0.1, 0.15) is 12.4 Å². The van der Waals surface area contributed by atoms with Gasteiger partial charge < -0.3 is 19.8 Å². The van der Waals surface area contributed by atoms with Crippen LogP contribution < -0.4 is 0 Å². The average Bonchev–Trinajstić information content (AvgIpc) is 2.75. The highest BCUT2D eigenvalue weighted by atomic mass is 16.5. The number of amidine groups is 1. The van der Waals surface area contributed by atoms with Gasteiger partial charge in [-0.3, -0.25) is 4.99 Å². The summed E-state index contributed by atoms with van der Waals surface area (Å²) in [6, 6.07) is 0. The monoisotopic (exact) mass is 242 g/mol. The van der Waals surface area contributed by atoms with Crippen molar-refractivity contribution in [2.24, 2.45) is 4.99 Å². The quantitative estimate of drug-likeness (QED) is 0.630. The minimum atomic E-state index is -1.26. The van der Waals surface area contributed by atoms with Crippen LogP contribution in [0, 0.1) is 0 Å². The molecule has 2 N–H and O–H groups in total. The number of aliphatic carboxylic acids is 2. The number of aliphatic imine (C=N–C) groups is 1. The summed E-state index contributed by atoms with van der Waals surface area (Å²) < 4.78 is 5.21. The Kier molecular flexibility index (Phi) is 5.15. The molecule has 0 spiro atoms. The first-order chi connectivity index (χ1) is 8.09. The van der Waals surface area contributed by atoms with Crippen LogP contribution in [0.25, 0.3) is 0 Å². The van der Waals surface area contributed by atoms with Crippen molar-refractivity contribution in [3.8, 4) is 0 Å². The molecule has 94 valence electrons. The fourth-order valence-electron chi connectivity index (χ4n) is 1.39. The molecule has 7 nitrogen and oxygen atoms in total. The third kappa shape index (κ3) is 5.12. The Morgan fingerprint density at radius 1 is 1.24 bits per heavy atom. The molecule has 2 aliphatic rings. The Hall–Kier alpha value is -1.89. The lowest BCUT2D eigenvalue weighted by molar-refractivity contribution is -0.134. The van der Waals surface area contributed by atoms with Crippen LogP contribution in [0.2, 0.25) is 0 Å². The minimum Gasteiger partial charge on any atom is -0.478 e. The van der Waals surface area contributed by atoms with Crippen molar-refractivity contribution >= 4 is 17.8 Å². The molecule has 7 heteroatoms. The third-order valence-corrected chi connectivity index (χ3v) is 2.13. The molecule has 17 heavy (non-hydrogen) atoms. The first kappa shape index (κ1) is 13.2. The van der Waals surface area contributed by atoms with E-state index in [1.807, 2.05) is 0 Å². The van der Waals surface area contributed by atoms with Crippen LogP contribution in [0.3, 0.4) is 0 Å². The molecule has 0 unspecified atom stereocenters. The number of carboxylic acids is 2. The van der Waals surface area contributed by atoms with Crippen molar-refractivity contribution in [2.75, 3.05) is 32.8 Å². The molecular weight excluding hydrogens is 228 g/mol. The molecule has 1 saturated heterocycles. The number of hydrogen-bond donors (Lipinski definition) is 2. The summed E-state index contributed by atoms with van der Waals surface area (Å²) >= 11 is 0. The molecule has 0 saturated carbocycles. The van der Waals surface area contributed by atoms with Crippen molar-refractivity contribution in [3.63, 3.8) is 0 Å². The topological polar surface area (TPSA) is 99.4 Å². The van der Waals surface area contributed by atoms with E-state index in [1.54, 1.807) is 0 Å². The SMILES string of the molecule is C1CN2CCOCC2=N1.O=C(O)/C=C/C(=O)O. The van der Waals surface area contributed by atoms with Crippen molar-refractivity contribution < 1.29 is 24.5 Å². The van der Waals surface area contributed by atoms with Gasteiger partial charge in [0, 0.05) is 25.2 Å². The first-order valence-corrected chi connectivity index (χ1v) is 5.09. The molecule has 0 aromatic carbocycles. The van der Waals surface area contributed by atoms with Gasteiger partial charge in [-0.05, 0) is 0 Å². The molecule has 0 amide bonds. The smallest absolute Gasteiger partial charge is 0.328 e. The summed E-state index contributed by atoms with van der Waals surface area (Å²) in [7, 11) is 0. The minimum absolute atomic E-state index is 0.558. The van der Waals surface area contributed by atoms with Gasteiger partial charge in [0.05, 0.1) is 13.2 Å². The van der Waals surface area contributed by atoms with Crippen LogP contribution in [-0.2, 0) is 14.3 Å². The molecule has 0 radical (unpaired) electrons. The van der Waals surface area contributed by atoms with E-state index in [9.17, 15) is 9.59 Å². The van der Waals surface area contributed by atoms with E-state index in [0.717, 1.165) is 38.7 Å². The Morgan fingerprint density at radius 2 is 1.88 bits per heavy atom. The maximum absolute atomic E-state index is 9.55. The molecule has 2 aliphatic heterocycles. The zero-order valence-electron chi connectivity index (χ0n) is 9.20. The largest absolute Gasteiger partial charge is 0.478 e. The second-order valence-electron chi connectivity index (χ2n) is 3.35. The molecule has 0 bridgehead atoms. The predicted octanol–water partition coefficient (Wildman–Crippen LogP) is -0.557. The molecular formula is C10H14N2O5. The summed E-state index contributed by atoms with van der Waals surface area (Å²) in [5.41, 5.74) is 0. The first-order valence-electron chi connectivity index (χ1n) is 5.09. The van der Waals surface area contributed by atoms with E-state index in [-0.39, 0.29) is 0 Å². The number of fused-ring (bicyclic) bond motifs is 1. The second kappa shape index (κ2) is 6.64. The standard InChI is InChI=1S/C6H10N2O.C4H4O4/c1-2-8-3-4-9-5-6(8)7-1;5-3(6)1-2-4(7)8/h1-5H2;1-2H,(H,5,6)(H,7,8)/b;2-1+. The van der Waals surface area contributed by atoms with E-state index in [0.29, 0.717) is 12.2 Å². The fraction of sp³-hybridized carbons (Fsp3) is 0.500. The van der Waals surface area contributed by atoms with Gasteiger partial charge >= 0.3 is 11.9 Å². The van der Waals surface area contributed by atoms with Gasteiger partial charge in [0.15, 0.2) is 0 Å². The van der Waals surface area contributed by atoms with E-state index >= 15 is 0 Å². The zero-order chi connectivity index (χ0) is 12.7. The molecule has 1 fully saturated rings. The molecule has 2 heterocycles. The Morgan fingerprint density at radius 3 is 2.41 bits per heavy atom. The van der Waals surface area contributed by atoms with Crippen LogP contribution in [-0.4, -0.2) is 65.7 Å². The lowest BCUT2D eigenvalue weighted by Gasteiger charge is -2.24. The van der Waals surface area contributed by atoms with Crippen LogP contribution in [0.4, 0.5) is 0 Å². The average molecular weight is 242 g/mol. The van der Waals surface area contributed by atoms with Crippen molar-refractivity contribution in [1.82, 2.24) is 4.90 Å². The number of rotatable bonds is 2. The van der Waals surface area contributed by atoms with E-state index in [2.05, 4.69) is 9.89 Å².